The molecule has 0 radical (unpaired) electrons. The van der Waals surface area contributed by atoms with Crippen LogP contribution in [0.3, 0.4) is 0 Å². The van der Waals surface area contributed by atoms with Gasteiger partial charge >= 0.3 is 13.3 Å². The summed E-state index contributed by atoms with van der Waals surface area (Å²) < 4.78 is 36.4. The number of methoxy groups -OCH3 is 1. The fourth-order valence-electron chi connectivity index (χ4n) is 3.03. The molecule has 1 aliphatic rings. The first-order valence-electron chi connectivity index (χ1n) is 8.43. The molecule has 1 saturated heterocycles. The van der Waals surface area contributed by atoms with Crippen molar-refractivity contribution in [1.82, 2.24) is 24.5 Å². The van der Waals surface area contributed by atoms with E-state index in [1.807, 2.05) is 0 Å². The van der Waals surface area contributed by atoms with Gasteiger partial charge < -0.3 is 18.5 Å². The number of aromatic amines is 1. The number of H-pyrrole nitrogens is 1. The largest absolute Gasteiger partial charge is 0.382 e. The summed E-state index contributed by atoms with van der Waals surface area (Å²) in [7, 11) is 0.566. The highest BCUT2D eigenvalue weighted by Gasteiger charge is 2.38. The summed E-state index contributed by atoms with van der Waals surface area (Å²) in [6.07, 6.45) is 1.93. The highest BCUT2D eigenvalue weighted by Crippen LogP contribution is 2.44. The van der Waals surface area contributed by atoms with Crippen LogP contribution in [0.2, 0.25) is 0 Å². The fourth-order valence-corrected chi connectivity index (χ4v) is 3.98. The van der Waals surface area contributed by atoms with Crippen molar-refractivity contribution in [2.24, 2.45) is 0 Å². The summed E-state index contributed by atoms with van der Waals surface area (Å²) in [6.45, 7) is 1.85. The zero-order chi connectivity index (χ0) is 20.5. The van der Waals surface area contributed by atoms with E-state index in [1.54, 1.807) is 14.0 Å². The van der Waals surface area contributed by atoms with Crippen molar-refractivity contribution in [2.75, 3.05) is 21.3 Å². The summed E-state index contributed by atoms with van der Waals surface area (Å²) in [5.41, 5.74) is -0.514. The molecule has 13 heteroatoms. The molecule has 0 aromatic carbocycles. The lowest BCUT2D eigenvalue weighted by atomic mass is 10.1. The average molecular weight is 415 g/mol. The normalized spacial score (nSPS) is 22.6. The van der Waals surface area contributed by atoms with Gasteiger partial charge in [-0.15, -0.1) is 5.10 Å². The Bertz CT molecular complexity index is 991. The third-order valence-electron chi connectivity index (χ3n) is 4.59. The van der Waals surface area contributed by atoms with Gasteiger partial charge in [0.15, 0.2) is 5.44 Å². The first kappa shape index (κ1) is 20.6. The molecule has 2 aromatic rings. The molecule has 1 aliphatic heterocycles. The number of nitrogens with one attached hydrogen (secondary N) is 1. The van der Waals surface area contributed by atoms with E-state index < -0.39 is 31.2 Å². The van der Waals surface area contributed by atoms with Crippen LogP contribution >= 0.6 is 7.60 Å². The maximum absolute atomic E-state index is 12.4. The van der Waals surface area contributed by atoms with Crippen LogP contribution in [0, 0.1) is 6.92 Å². The summed E-state index contributed by atoms with van der Waals surface area (Å²) >= 11 is 0. The van der Waals surface area contributed by atoms with Gasteiger partial charge in [0.1, 0.15) is 12.3 Å². The number of aromatic nitrogens is 5. The van der Waals surface area contributed by atoms with Gasteiger partial charge in [-0.2, -0.15) is 0 Å². The second kappa shape index (κ2) is 8.10. The van der Waals surface area contributed by atoms with Crippen LogP contribution in [0.15, 0.2) is 22.0 Å². The van der Waals surface area contributed by atoms with Crippen LogP contribution in [0.5, 0.6) is 0 Å². The summed E-state index contributed by atoms with van der Waals surface area (Å²) in [4.78, 5) is 25.9. The first-order valence-corrected chi connectivity index (χ1v) is 9.98. The molecule has 1 N–H and O–H groups in total. The minimum atomic E-state index is -3.50. The molecule has 0 saturated carbocycles. The van der Waals surface area contributed by atoms with Gasteiger partial charge in [0.05, 0.1) is 18.8 Å². The first-order chi connectivity index (χ1) is 13.3. The Hall–Kier alpha value is -2.11. The van der Waals surface area contributed by atoms with Crippen LogP contribution in [0.25, 0.3) is 0 Å². The Labute approximate surface area is 159 Å². The highest BCUT2D eigenvalue weighted by molar-refractivity contribution is 7.61. The summed E-state index contributed by atoms with van der Waals surface area (Å²) in [5.74, 6) is 0. The zero-order valence-electron chi connectivity index (χ0n) is 15.9. The maximum atomic E-state index is 12.4. The van der Waals surface area contributed by atoms with Gasteiger partial charge in [0.2, 0.25) is 0 Å². The Morgan fingerprint density at radius 2 is 2.00 bits per heavy atom. The minimum absolute atomic E-state index is 0.0773. The summed E-state index contributed by atoms with van der Waals surface area (Å²) in [5, 5.41) is 7.78. The van der Waals surface area contributed by atoms with E-state index in [0.29, 0.717) is 12.0 Å². The number of hydrogen-bond acceptors (Lipinski definition) is 9. The molecule has 3 atom stereocenters. The summed E-state index contributed by atoms with van der Waals surface area (Å²) in [6, 6.07) is 0. The van der Waals surface area contributed by atoms with E-state index in [9.17, 15) is 14.2 Å². The molecule has 2 aromatic heterocycles. The molecule has 3 rings (SSSR count). The number of rotatable bonds is 7. The third kappa shape index (κ3) is 3.87. The molecule has 0 amide bonds. The van der Waals surface area contributed by atoms with Crippen molar-refractivity contribution in [1.29, 1.82) is 0 Å². The van der Waals surface area contributed by atoms with E-state index >= 15 is 0 Å². The second-order valence-corrected chi connectivity index (χ2v) is 8.46. The smallest absolute Gasteiger partial charge is 0.379 e. The molecule has 28 heavy (non-hydrogen) atoms. The Morgan fingerprint density at radius 1 is 1.29 bits per heavy atom. The van der Waals surface area contributed by atoms with E-state index in [0.717, 1.165) is 0 Å². The number of ether oxygens (including phenoxy) is 2. The lowest BCUT2D eigenvalue weighted by molar-refractivity contribution is -0.0384. The van der Waals surface area contributed by atoms with Crippen molar-refractivity contribution in [3.05, 3.63) is 38.8 Å². The molecule has 0 bridgehead atoms. The highest BCUT2D eigenvalue weighted by atomic mass is 31.2. The number of aryl methyl sites for hydroxylation is 1. The Morgan fingerprint density at radius 3 is 2.64 bits per heavy atom. The zero-order valence-corrected chi connectivity index (χ0v) is 16.8. The molecule has 1 fully saturated rings. The molecular weight excluding hydrogens is 393 g/mol. The average Bonchev–Trinajstić information content (AvgIpc) is 3.31. The molecule has 154 valence electrons. The van der Waals surface area contributed by atoms with Crippen LogP contribution in [-0.4, -0.2) is 58.1 Å². The van der Waals surface area contributed by atoms with Crippen molar-refractivity contribution >= 4 is 13.0 Å². The number of hydrogen-bond donors (Lipinski definition) is 1. The second-order valence-electron chi connectivity index (χ2n) is 6.28. The van der Waals surface area contributed by atoms with Gasteiger partial charge in [-0.3, -0.25) is 18.9 Å². The van der Waals surface area contributed by atoms with Crippen LogP contribution in [-0.2, 0) is 29.6 Å². The molecule has 3 heterocycles. The van der Waals surface area contributed by atoms with Gasteiger partial charge in [-0.05, 0) is 6.92 Å². The predicted molar refractivity (Wildman–Crippen MR) is 96.7 cm³/mol. The van der Waals surface area contributed by atoms with Crippen molar-refractivity contribution in [3.63, 3.8) is 0 Å². The van der Waals surface area contributed by atoms with Gasteiger partial charge in [-0.1, -0.05) is 5.21 Å². The van der Waals surface area contributed by atoms with Crippen LogP contribution in [0.1, 0.15) is 18.2 Å². The van der Waals surface area contributed by atoms with Gasteiger partial charge in [0, 0.05) is 39.5 Å². The van der Waals surface area contributed by atoms with E-state index in [-0.39, 0.29) is 18.1 Å². The van der Waals surface area contributed by atoms with E-state index in [1.165, 1.54) is 35.9 Å². The van der Waals surface area contributed by atoms with Crippen LogP contribution in [0.4, 0.5) is 0 Å². The standard InChI is InChI=1S/C15H22N5O7P/c1-9-6-20(15(22)16-14(9)21)13-5-10(24-2)11(27-13)7-19-8-12(17-18-19)28(23,25-3)26-4/h6,8,10-11,13H,5,7H2,1-4H3,(H,16,21,22)/t10-,11?,13-/m1/s1. The lowest BCUT2D eigenvalue weighted by Crippen LogP contribution is -2.33. The van der Waals surface area contributed by atoms with Crippen molar-refractivity contribution in [2.45, 2.75) is 38.3 Å². The monoisotopic (exact) mass is 415 g/mol. The van der Waals surface area contributed by atoms with Gasteiger partial charge in [0.25, 0.3) is 5.56 Å². The van der Waals surface area contributed by atoms with E-state index in [4.69, 9.17) is 18.5 Å². The minimum Gasteiger partial charge on any atom is -0.379 e. The molecule has 0 aliphatic carbocycles. The molecular formula is C15H22N5O7P. The molecule has 0 spiro atoms. The Balaban J connectivity index is 1.79. The SMILES string of the molecule is CO[C@@H]1C[C@H](n2cc(C)c(=O)[nH]c2=O)OC1Cn1cc(P(=O)(OC)OC)nn1. The van der Waals surface area contributed by atoms with Crippen LogP contribution < -0.4 is 16.7 Å². The fraction of sp³-hybridized carbons (Fsp3) is 0.600. The van der Waals surface area contributed by atoms with Crippen molar-refractivity contribution in [3.8, 4) is 0 Å². The topological polar surface area (TPSA) is 140 Å². The molecule has 12 nitrogen and oxygen atoms in total. The van der Waals surface area contributed by atoms with Gasteiger partial charge in [-0.25, -0.2) is 9.48 Å². The lowest BCUT2D eigenvalue weighted by Gasteiger charge is -2.17. The predicted octanol–water partition coefficient (Wildman–Crippen LogP) is -0.450. The quantitative estimate of drug-likeness (QED) is 0.596. The van der Waals surface area contributed by atoms with Crippen molar-refractivity contribution < 1.29 is 23.1 Å². The van der Waals surface area contributed by atoms with E-state index in [2.05, 4.69) is 15.3 Å². The third-order valence-corrected chi connectivity index (χ3v) is 6.32. The maximum Gasteiger partial charge on any atom is 0.382 e. The Kier molecular flexibility index (Phi) is 5.96. The molecule has 1 unspecified atom stereocenters. The number of nitrogens with zero attached hydrogens (tertiary/aromatic N) is 4.